The Hall–Kier alpha value is -4.11. The van der Waals surface area contributed by atoms with Crippen molar-refractivity contribution in [1.29, 1.82) is 0 Å². The Morgan fingerprint density at radius 3 is 2.41 bits per heavy atom. The van der Waals surface area contributed by atoms with Gasteiger partial charge in [0.25, 0.3) is 5.91 Å². The minimum absolute atomic E-state index is 0.111. The molecule has 4 rings (SSSR count). The molecule has 8 nitrogen and oxygen atoms in total. The molecule has 0 spiro atoms. The summed E-state index contributed by atoms with van der Waals surface area (Å²) in [6, 6.07) is 23.9. The van der Waals surface area contributed by atoms with Crippen LogP contribution in [0.2, 0.25) is 0 Å². The van der Waals surface area contributed by atoms with Crippen LogP contribution in [0.15, 0.2) is 89.1 Å². The molecule has 0 aliphatic carbocycles. The van der Waals surface area contributed by atoms with Gasteiger partial charge in [-0.3, -0.25) is 9.36 Å². The molecule has 4 aromatic rings. The largest absolute Gasteiger partial charge is 0.508 e. The number of ether oxygens (including phenoxy) is 1. The van der Waals surface area contributed by atoms with Crippen LogP contribution < -0.4 is 10.2 Å². The molecule has 0 unspecified atom stereocenters. The quantitative estimate of drug-likeness (QED) is 0.225. The Labute approximate surface area is 201 Å². The van der Waals surface area contributed by atoms with Crippen molar-refractivity contribution in [3.63, 3.8) is 0 Å². The smallest absolute Gasteiger partial charge is 0.250 e. The highest BCUT2D eigenvalue weighted by atomic mass is 32.2. The molecule has 34 heavy (non-hydrogen) atoms. The number of nitrogens with one attached hydrogen (secondary N) is 1. The molecule has 1 amide bonds. The number of amides is 1. The van der Waals surface area contributed by atoms with Gasteiger partial charge in [0.1, 0.15) is 11.5 Å². The van der Waals surface area contributed by atoms with Crippen LogP contribution in [0.3, 0.4) is 0 Å². The molecule has 172 valence electrons. The molecule has 0 aliphatic heterocycles. The van der Waals surface area contributed by atoms with Gasteiger partial charge in [0.2, 0.25) is 0 Å². The summed E-state index contributed by atoms with van der Waals surface area (Å²) in [4.78, 5) is 12.5. The fourth-order valence-electron chi connectivity index (χ4n) is 3.18. The van der Waals surface area contributed by atoms with E-state index in [-0.39, 0.29) is 17.4 Å². The molecule has 0 atom stereocenters. The van der Waals surface area contributed by atoms with Gasteiger partial charge in [-0.15, -0.1) is 10.2 Å². The van der Waals surface area contributed by atoms with Crippen LogP contribution in [-0.4, -0.2) is 44.4 Å². The van der Waals surface area contributed by atoms with Gasteiger partial charge in [0, 0.05) is 11.3 Å². The number of methoxy groups -OCH3 is 1. The lowest BCUT2D eigenvalue weighted by molar-refractivity contribution is -0.118. The molecule has 2 N–H and O–H groups in total. The fraction of sp³-hybridized carbons (Fsp3) is 0.120. The van der Waals surface area contributed by atoms with E-state index in [0.29, 0.717) is 16.7 Å². The Kier molecular flexibility index (Phi) is 7.24. The standard InChI is InChI=1S/C25H23N5O3S/c1-17(18-8-12-21(31)13-9-18)26-27-23(32)16-34-25-29-28-24(19-10-14-22(33-2)15-11-19)30(25)20-6-4-3-5-7-20/h3-15,31H,16H2,1-2H3,(H,27,32)/b26-17-. The van der Waals surface area contributed by atoms with Crippen LogP contribution in [0.1, 0.15) is 12.5 Å². The summed E-state index contributed by atoms with van der Waals surface area (Å²) < 4.78 is 7.17. The third kappa shape index (κ3) is 5.44. The number of benzene rings is 3. The van der Waals surface area contributed by atoms with E-state index < -0.39 is 0 Å². The van der Waals surface area contributed by atoms with Gasteiger partial charge in [-0.25, -0.2) is 5.43 Å². The van der Waals surface area contributed by atoms with Crippen LogP contribution in [0, 0.1) is 0 Å². The highest BCUT2D eigenvalue weighted by Gasteiger charge is 2.17. The number of aromatic hydroxyl groups is 1. The van der Waals surface area contributed by atoms with Gasteiger partial charge < -0.3 is 9.84 Å². The lowest BCUT2D eigenvalue weighted by atomic mass is 10.1. The van der Waals surface area contributed by atoms with Gasteiger partial charge in [-0.1, -0.05) is 30.0 Å². The molecule has 0 saturated carbocycles. The fourth-order valence-corrected chi connectivity index (χ4v) is 3.92. The number of nitrogens with zero attached hydrogens (tertiary/aromatic N) is 4. The summed E-state index contributed by atoms with van der Waals surface area (Å²) in [5.74, 6) is 1.44. The average molecular weight is 474 g/mol. The molecule has 0 saturated heterocycles. The number of carbonyl (C=O) groups excluding carboxylic acids is 1. The van der Waals surface area contributed by atoms with Crippen molar-refractivity contribution in [1.82, 2.24) is 20.2 Å². The van der Waals surface area contributed by atoms with Crippen molar-refractivity contribution in [2.24, 2.45) is 5.10 Å². The molecule has 1 aromatic heterocycles. The van der Waals surface area contributed by atoms with E-state index in [1.165, 1.54) is 11.8 Å². The lowest BCUT2D eigenvalue weighted by Crippen LogP contribution is -2.21. The van der Waals surface area contributed by atoms with Crippen molar-refractivity contribution < 1.29 is 14.6 Å². The predicted octanol–water partition coefficient (Wildman–Crippen LogP) is 4.28. The number of hydrogen-bond donors (Lipinski definition) is 2. The first-order valence-electron chi connectivity index (χ1n) is 10.5. The van der Waals surface area contributed by atoms with Crippen molar-refractivity contribution in [3.8, 4) is 28.6 Å². The summed E-state index contributed by atoms with van der Waals surface area (Å²) in [7, 11) is 1.62. The van der Waals surface area contributed by atoms with E-state index in [0.717, 1.165) is 22.6 Å². The van der Waals surface area contributed by atoms with E-state index in [2.05, 4.69) is 20.7 Å². The van der Waals surface area contributed by atoms with Gasteiger partial charge in [0.05, 0.1) is 18.6 Å². The topological polar surface area (TPSA) is 102 Å². The van der Waals surface area contributed by atoms with E-state index in [4.69, 9.17) is 4.74 Å². The molecule has 0 bridgehead atoms. The Morgan fingerprint density at radius 1 is 1.03 bits per heavy atom. The number of para-hydroxylation sites is 1. The van der Waals surface area contributed by atoms with Crippen LogP contribution in [0.25, 0.3) is 17.1 Å². The summed E-state index contributed by atoms with van der Waals surface area (Å²) in [6.07, 6.45) is 0. The second-order valence-corrected chi connectivity index (χ2v) is 8.22. The number of phenols is 1. The number of hydrogen-bond acceptors (Lipinski definition) is 7. The SMILES string of the molecule is COc1ccc(-c2nnc(SCC(=O)N/N=C(/C)c3ccc(O)cc3)n2-c2ccccc2)cc1. The van der Waals surface area contributed by atoms with Gasteiger partial charge in [-0.2, -0.15) is 5.10 Å². The number of phenolic OH excluding ortho intramolecular Hbond substituents is 1. The van der Waals surface area contributed by atoms with E-state index in [1.807, 2.05) is 59.2 Å². The van der Waals surface area contributed by atoms with Crippen LogP contribution in [0.5, 0.6) is 11.5 Å². The number of rotatable bonds is 8. The van der Waals surface area contributed by atoms with Crippen LogP contribution >= 0.6 is 11.8 Å². The normalized spacial score (nSPS) is 11.3. The second kappa shape index (κ2) is 10.7. The first-order valence-corrected chi connectivity index (χ1v) is 11.4. The summed E-state index contributed by atoms with van der Waals surface area (Å²) in [5, 5.41) is 22.9. The van der Waals surface area contributed by atoms with E-state index >= 15 is 0 Å². The Balaban J connectivity index is 1.51. The van der Waals surface area contributed by atoms with E-state index in [1.54, 1.807) is 38.3 Å². The first-order chi connectivity index (χ1) is 16.5. The van der Waals surface area contributed by atoms with Crippen molar-refractivity contribution in [3.05, 3.63) is 84.4 Å². The van der Waals surface area contributed by atoms with Crippen molar-refractivity contribution in [2.45, 2.75) is 12.1 Å². The number of thioether (sulfide) groups is 1. The summed E-state index contributed by atoms with van der Waals surface area (Å²) in [6.45, 7) is 1.78. The van der Waals surface area contributed by atoms with Gasteiger partial charge in [-0.05, 0) is 73.2 Å². The maximum atomic E-state index is 12.5. The molecule has 0 fully saturated rings. The average Bonchev–Trinajstić information content (AvgIpc) is 3.31. The Bertz CT molecular complexity index is 1290. The number of aromatic nitrogens is 3. The van der Waals surface area contributed by atoms with Crippen molar-refractivity contribution >= 4 is 23.4 Å². The number of carbonyl (C=O) groups is 1. The van der Waals surface area contributed by atoms with E-state index in [9.17, 15) is 9.90 Å². The lowest BCUT2D eigenvalue weighted by Gasteiger charge is -2.10. The van der Waals surface area contributed by atoms with Crippen LogP contribution in [0.4, 0.5) is 0 Å². The maximum absolute atomic E-state index is 12.5. The highest BCUT2D eigenvalue weighted by Crippen LogP contribution is 2.28. The molecule has 0 aliphatic rings. The van der Waals surface area contributed by atoms with Gasteiger partial charge >= 0.3 is 0 Å². The molecular formula is C25H23N5O3S. The monoisotopic (exact) mass is 473 g/mol. The second-order valence-electron chi connectivity index (χ2n) is 7.27. The molecular weight excluding hydrogens is 450 g/mol. The zero-order chi connectivity index (χ0) is 23.9. The molecule has 9 heteroatoms. The molecule has 3 aromatic carbocycles. The third-order valence-electron chi connectivity index (χ3n) is 4.96. The van der Waals surface area contributed by atoms with Crippen molar-refractivity contribution in [2.75, 3.05) is 12.9 Å². The zero-order valence-electron chi connectivity index (χ0n) is 18.7. The predicted molar refractivity (Wildman–Crippen MR) is 133 cm³/mol. The summed E-state index contributed by atoms with van der Waals surface area (Å²) >= 11 is 1.27. The maximum Gasteiger partial charge on any atom is 0.250 e. The number of hydrazone groups is 1. The van der Waals surface area contributed by atoms with Crippen LogP contribution in [-0.2, 0) is 4.79 Å². The highest BCUT2D eigenvalue weighted by molar-refractivity contribution is 7.99. The minimum Gasteiger partial charge on any atom is -0.508 e. The first kappa shape index (κ1) is 23.1. The minimum atomic E-state index is -0.267. The third-order valence-corrected chi connectivity index (χ3v) is 5.89. The van der Waals surface area contributed by atoms with Gasteiger partial charge in [0.15, 0.2) is 11.0 Å². The Morgan fingerprint density at radius 2 is 1.74 bits per heavy atom. The molecule has 0 radical (unpaired) electrons. The zero-order valence-corrected chi connectivity index (χ0v) is 19.5. The molecule has 1 heterocycles. The summed E-state index contributed by atoms with van der Waals surface area (Å²) in [5.41, 5.74) is 5.78.